The van der Waals surface area contributed by atoms with Crippen LogP contribution < -0.4 is 15.7 Å². The van der Waals surface area contributed by atoms with E-state index in [-0.39, 0.29) is 11.7 Å². The summed E-state index contributed by atoms with van der Waals surface area (Å²) >= 11 is 0. The SMILES string of the molecule is COc1ncc(-c2ccc3ncc4c(c3n2)n(C2CC[NH2+]CC2)c(=O)n4C)cn1. The highest BCUT2D eigenvalue weighted by molar-refractivity contribution is 6.00. The third-order valence-corrected chi connectivity index (χ3v) is 5.64. The van der Waals surface area contributed by atoms with Crippen LogP contribution in [0.15, 0.2) is 35.5 Å². The number of aromatic nitrogens is 6. The van der Waals surface area contributed by atoms with Gasteiger partial charge in [-0.05, 0) is 12.1 Å². The number of methoxy groups -OCH3 is 1. The second-order valence-corrected chi connectivity index (χ2v) is 7.32. The molecule has 29 heavy (non-hydrogen) atoms. The zero-order chi connectivity index (χ0) is 20.0. The molecule has 0 spiro atoms. The van der Waals surface area contributed by atoms with Crippen molar-refractivity contribution in [1.29, 1.82) is 0 Å². The van der Waals surface area contributed by atoms with E-state index in [9.17, 15) is 4.79 Å². The summed E-state index contributed by atoms with van der Waals surface area (Å²) in [6.45, 7) is 2.05. The summed E-state index contributed by atoms with van der Waals surface area (Å²) in [5, 5.41) is 2.30. The van der Waals surface area contributed by atoms with Crippen molar-refractivity contribution < 1.29 is 10.1 Å². The van der Waals surface area contributed by atoms with Crippen LogP contribution in [-0.2, 0) is 7.05 Å². The maximum absolute atomic E-state index is 13.1. The Morgan fingerprint density at radius 3 is 2.59 bits per heavy atom. The van der Waals surface area contributed by atoms with Gasteiger partial charge in [-0.25, -0.2) is 19.7 Å². The summed E-state index contributed by atoms with van der Waals surface area (Å²) in [7, 11) is 3.33. The molecule has 0 amide bonds. The van der Waals surface area contributed by atoms with Gasteiger partial charge in [0.05, 0.1) is 48.6 Å². The van der Waals surface area contributed by atoms with Gasteiger partial charge in [-0.15, -0.1) is 0 Å². The average molecular weight is 392 g/mol. The molecule has 4 aromatic rings. The van der Waals surface area contributed by atoms with E-state index in [0.29, 0.717) is 6.01 Å². The van der Waals surface area contributed by atoms with Gasteiger partial charge in [0.2, 0.25) is 0 Å². The highest BCUT2D eigenvalue weighted by Crippen LogP contribution is 2.28. The molecule has 0 atom stereocenters. The number of nitrogens with zero attached hydrogens (tertiary/aromatic N) is 6. The highest BCUT2D eigenvalue weighted by atomic mass is 16.5. The minimum absolute atomic E-state index is 0.0128. The number of aryl methyl sites for hydroxylation is 1. The summed E-state index contributed by atoms with van der Waals surface area (Å²) in [6.07, 6.45) is 7.07. The van der Waals surface area contributed by atoms with E-state index in [1.807, 2.05) is 16.7 Å². The van der Waals surface area contributed by atoms with Gasteiger partial charge in [0.15, 0.2) is 0 Å². The summed E-state index contributed by atoms with van der Waals surface area (Å²) < 4.78 is 8.63. The van der Waals surface area contributed by atoms with Gasteiger partial charge in [0.1, 0.15) is 5.52 Å². The van der Waals surface area contributed by atoms with Crippen molar-refractivity contribution in [2.24, 2.45) is 7.05 Å². The number of piperidine rings is 1. The van der Waals surface area contributed by atoms with Crippen LogP contribution in [0.5, 0.6) is 6.01 Å². The first-order valence-corrected chi connectivity index (χ1v) is 9.72. The molecule has 9 heteroatoms. The van der Waals surface area contributed by atoms with Crippen molar-refractivity contribution in [3.8, 4) is 17.3 Å². The first-order chi connectivity index (χ1) is 14.2. The van der Waals surface area contributed by atoms with Gasteiger partial charge in [-0.3, -0.25) is 14.1 Å². The molecule has 0 bridgehead atoms. The minimum atomic E-state index is -0.0128. The fraction of sp³-hybridized carbons (Fsp3) is 0.350. The molecule has 4 aromatic heterocycles. The Morgan fingerprint density at radius 2 is 1.86 bits per heavy atom. The molecular formula is C20H22N7O2+. The maximum Gasteiger partial charge on any atom is 0.329 e. The average Bonchev–Trinajstić information content (AvgIpc) is 3.04. The quantitative estimate of drug-likeness (QED) is 0.549. The number of hydrogen-bond acceptors (Lipinski definition) is 6. The van der Waals surface area contributed by atoms with Gasteiger partial charge in [0.25, 0.3) is 0 Å². The van der Waals surface area contributed by atoms with Crippen molar-refractivity contribution >= 4 is 22.1 Å². The van der Waals surface area contributed by atoms with E-state index >= 15 is 0 Å². The molecule has 2 N–H and O–H groups in total. The topological polar surface area (TPSA) is 104 Å². The van der Waals surface area contributed by atoms with Crippen molar-refractivity contribution in [2.45, 2.75) is 18.9 Å². The Morgan fingerprint density at radius 1 is 1.10 bits per heavy atom. The van der Waals surface area contributed by atoms with Gasteiger partial charge in [0, 0.05) is 43.9 Å². The molecule has 1 saturated heterocycles. The van der Waals surface area contributed by atoms with Crippen LogP contribution in [-0.4, -0.2) is 49.3 Å². The van der Waals surface area contributed by atoms with Crippen molar-refractivity contribution in [1.82, 2.24) is 29.1 Å². The predicted octanol–water partition coefficient (Wildman–Crippen LogP) is 0.647. The Labute approximate surface area is 166 Å². The molecular weight excluding hydrogens is 370 g/mol. The van der Waals surface area contributed by atoms with Crippen LogP contribution in [0.25, 0.3) is 33.3 Å². The number of imidazole rings is 1. The van der Waals surface area contributed by atoms with E-state index in [1.165, 1.54) is 7.11 Å². The Kier molecular flexibility index (Phi) is 4.24. The van der Waals surface area contributed by atoms with Crippen LogP contribution in [0.1, 0.15) is 18.9 Å². The molecule has 0 aliphatic carbocycles. The molecule has 1 aliphatic heterocycles. The first-order valence-electron chi connectivity index (χ1n) is 9.72. The van der Waals surface area contributed by atoms with E-state index in [2.05, 4.69) is 20.3 Å². The molecule has 0 aromatic carbocycles. The number of quaternary nitrogens is 1. The third-order valence-electron chi connectivity index (χ3n) is 5.64. The number of hydrogen-bond donors (Lipinski definition) is 1. The molecule has 0 saturated carbocycles. The summed E-state index contributed by atoms with van der Waals surface area (Å²) in [5.74, 6) is 0. The largest absolute Gasteiger partial charge is 0.467 e. The standard InChI is InChI=1S/C20H21N7O2/c1-26-16-11-22-15-4-3-14(12-9-23-19(29-2)24-10-12)25-17(15)18(16)27(20(26)28)13-5-7-21-8-6-13/h3-4,9-11,13,21H,5-8H2,1-2H3/p+1. The molecule has 1 aliphatic rings. The van der Waals surface area contributed by atoms with Crippen LogP contribution in [0, 0.1) is 0 Å². The zero-order valence-corrected chi connectivity index (χ0v) is 16.4. The molecule has 5 rings (SSSR count). The number of fused-ring (bicyclic) bond motifs is 3. The van der Waals surface area contributed by atoms with E-state index < -0.39 is 0 Å². The highest BCUT2D eigenvalue weighted by Gasteiger charge is 2.25. The lowest BCUT2D eigenvalue weighted by molar-refractivity contribution is -0.664. The number of pyridine rings is 2. The van der Waals surface area contributed by atoms with E-state index in [0.717, 1.165) is 59.3 Å². The Balaban J connectivity index is 1.75. The summed E-state index contributed by atoms with van der Waals surface area (Å²) in [5.41, 5.74) is 4.64. The number of nitrogens with two attached hydrogens (primary N) is 1. The van der Waals surface area contributed by atoms with Crippen LogP contribution >= 0.6 is 0 Å². The van der Waals surface area contributed by atoms with Crippen LogP contribution in [0.4, 0.5) is 0 Å². The molecule has 1 fully saturated rings. The second kappa shape index (κ2) is 6.93. The molecule has 9 nitrogen and oxygen atoms in total. The van der Waals surface area contributed by atoms with Gasteiger partial charge in [-0.2, -0.15) is 0 Å². The monoisotopic (exact) mass is 392 g/mol. The van der Waals surface area contributed by atoms with Crippen LogP contribution in [0.2, 0.25) is 0 Å². The van der Waals surface area contributed by atoms with Gasteiger partial charge >= 0.3 is 11.7 Å². The van der Waals surface area contributed by atoms with Crippen molar-refractivity contribution in [3.63, 3.8) is 0 Å². The Bertz CT molecular complexity index is 1250. The van der Waals surface area contributed by atoms with E-state index in [1.54, 1.807) is 30.2 Å². The van der Waals surface area contributed by atoms with Gasteiger partial charge < -0.3 is 10.1 Å². The smallest absolute Gasteiger partial charge is 0.329 e. The van der Waals surface area contributed by atoms with Crippen molar-refractivity contribution in [3.05, 3.63) is 41.2 Å². The van der Waals surface area contributed by atoms with Gasteiger partial charge in [-0.1, -0.05) is 0 Å². The van der Waals surface area contributed by atoms with Crippen molar-refractivity contribution in [2.75, 3.05) is 20.2 Å². The normalized spacial score (nSPS) is 15.2. The molecule has 5 heterocycles. The fourth-order valence-corrected chi connectivity index (χ4v) is 4.11. The molecule has 0 radical (unpaired) electrons. The maximum atomic E-state index is 13.1. The Hall–Kier alpha value is -3.33. The summed E-state index contributed by atoms with van der Waals surface area (Å²) in [4.78, 5) is 30.8. The lowest BCUT2D eigenvalue weighted by atomic mass is 10.1. The third kappa shape index (κ3) is 2.85. The summed E-state index contributed by atoms with van der Waals surface area (Å²) in [6, 6.07) is 4.31. The number of rotatable bonds is 3. The lowest BCUT2D eigenvalue weighted by Gasteiger charge is -2.22. The predicted molar refractivity (Wildman–Crippen MR) is 108 cm³/mol. The first kappa shape index (κ1) is 17.7. The molecule has 0 unspecified atom stereocenters. The zero-order valence-electron chi connectivity index (χ0n) is 16.4. The minimum Gasteiger partial charge on any atom is -0.467 e. The lowest BCUT2D eigenvalue weighted by Crippen LogP contribution is -2.86. The second-order valence-electron chi connectivity index (χ2n) is 7.32. The number of ether oxygens (including phenoxy) is 1. The van der Waals surface area contributed by atoms with E-state index in [4.69, 9.17) is 9.72 Å². The molecule has 148 valence electrons. The fourth-order valence-electron chi connectivity index (χ4n) is 4.11. The van der Waals surface area contributed by atoms with Crippen LogP contribution in [0.3, 0.4) is 0 Å².